The van der Waals surface area contributed by atoms with Crippen molar-refractivity contribution >= 4 is 23.4 Å². The zero-order chi connectivity index (χ0) is 20.4. The molecule has 28 heavy (non-hydrogen) atoms. The number of hydrogen-bond acceptors (Lipinski definition) is 4. The maximum Gasteiger partial charge on any atom is 0.378 e. The van der Waals surface area contributed by atoms with E-state index in [4.69, 9.17) is 0 Å². The van der Waals surface area contributed by atoms with Gasteiger partial charge < -0.3 is 15.3 Å². The topological polar surface area (TPSA) is 123 Å². The Balaban J connectivity index is 1.99. The molecule has 0 bridgehead atoms. The number of rotatable bonds is 3. The van der Waals surface area contributed by atoms with Gasteiger partial charge in [0, 0.05) is 13.1 Å². The van der Waals surface area contributed by atoms with Crippen molar-refractivity contribution in [2.75, 3.05) is 12.4 Å². The zero-order valence-corrected chi connectivity index (χ0v) is 16.4. The van der Waals surface area contributed by atoms with Crippen molar-refractivity contribution < 1.29 is 19.3 Å². The van der Waals surface area contributed by atoms with Crippen LogP contribution in [-0.4, -0.2) is 44.6 Å². The Labute approximate surface area is 161 Å². The van der Waals surface area contributed by atoms with Crippen molar-refractivity contribution in [3.8, 4) is 5.88 Å². The number of aromatic amines is 1. The second-order valence-electron chi connectivity index (χ2n) is 8.81. The molecular weight excluding hydrogens is 364 g/mol. The SMILES string of the molecule is CN1Cc2c([nH]n3c(=O)c(C(=O)NC4CC4)c(O)[n+](CC(C)(C)C)c23)NC1=O. The van der Waals surface area contributed by atoms with Crippen LogP contribution in [0, 0.1) is 5.41 Å². The summed E-state index contributed by atoms with van der Waals surface area (Å²) in [5, 5.41) is 19.3. The Hall–Kier alpha value is -3.04. The minimum atomic E-state index is -0.651. The van der Waals surface area contributed by atoms with E-state index in [0.717, 1.165) is 12.8 Å². The van der Waals surface area contributed by atoms with Gasteiger partial charge in [0.25, 0.3) is 5.91 Å². The summed E-state index contributed by atoms with van der Waals surface area (Å²) in [6, 6.07) is -0.252. The van der Waals surface area contributed by atoms with Crippen LogP contribution in [0.25, 0.3) is 5.65 Å². The smallest absolute Gasteiger partial charge is 0.378 e. The van der Waals surface area contributed by atoms with Gasteiger partial charge in [0.1, 0.15) is 5.56 Å². The first-order chi connectivity index (χ1) is 13.1. The van der Waals surface area contributed by atoms with E-state index in [9.17, 15) is 19.5 Å². The van der Waals surface area contributed by atoms with Crippen molar-refractivity contribution in [1.29, 1.82) is 0 Å². The van der Waals surface area contributed by atoms with E-state index in [-0.39, 0.29) is 35.5 Å². The highest BCUT2D eigenvalue weighted by molar-refractivity contribution is 5.96. The number of carbonyl (C=O) groups excluding carboxylic acids is 2. The number of H-pyrrole nitrogens is 1. The molecule has 3 heterocycles. The minimum Gasteiger partial charge on any atom is -0.477 e. The maximum atomic E-state index is 13.1. The highest BCUT2D eigenvalue weighted by Gasteiger charge is 2.38. The molecule has 3 amide bonds. The number of hydrogen-bond donors (Lipinski definition) is 4. The molecular formula is C18H25N6O4+. The molecule has 1 aliphatic heterocycles. The number of urea groups is 1. The summed E-state index contributed by atoms with van der Waals surface area (Å²) >= 11 is 0. The average Bonchev–Trinajstić information content (AvgIpc) is 3.31. The molecule has 2 aromatic rings. The number of carbonyl (C=O) groups is 2. The van der Waals surface area contributed by atoms with Crippen LogP contribution >= 0.6 is 0 Å². The van der Waals surface area contributed by atoms with Gasteiger partial charge in [-0.1, -0.05) is 25.3 Å². The summed E-state index contributed by atoms with van der Waals surface area (Å²) in [7, 11) is 1.64. The number of aromatic nitrogens is 3. The molecule has 2 aliphatic rings. The van der Waals surface area contributed by atoms with E-state index in [1.807, 2.05) is 20.8 Å². The van der Waals surface area contributed by atoms with E-state index in [2.05, 4.69) is 15.7 Å². The number of nitrogens with zero attached hydrogens (tertiary/aromatic N) is 3. The number of aromatic hydroxyl groups is 1. The van der Waals surface area contributed by atoms with E-state index in [1.165, 1.54) is 9.42 Å². The lowest BCUT2D eigenvalue weighted by atomic mass is 9.96. The molecule has 0 unspecified atom stereocenters. The standard InChI is InChI=1S/C18H24N6O4/c1-18(2,3)8-23-14-10-7-22(4)17(28)20-12(10)21-24(14)16(27)11(15(23)26)13(25)19-9-5-6-9/h9H,5-8H2,1-4H3,(H3,19,20,21,25,26,27,28)/p+1. The third kappa shape index (κ3) is 2.98. The van der Waals surface area contributed by atoms with Crippen LogP contribution in [0.3, 0.4) is 0 Å². The molecule has 0 spiro atoms. The number of amides is 3. The van der Waals surface area contributed by atoms with Gasteiger partial charge >= 0.3 is 23.1 Å². The van der Waals surface area contributed by atoms with Crippen LogP contribution in [0.5, 0.6) is 5.88 Å². The Morgan fingerprint density at radius 2 is 2.00 bits per heavy atom. The highest BCUT2D eigenvalue weighted by Crippen LogP contribution is 2.27. The van der Waals surface area contributed by atoms with E-state index in [1.54, 1.807) is 11.6 Å². The van der Waals surface area contributed by atoms with Gasteiger partial charge in [-0.2, -0.15) is 4.57 Å². The monoisotopic (exact) mass is 389 g/mol. The van der Waals surface area contributed by atoms with Crippen molar-refractivity contribution in [3.63, 3.8) is 0 Å². The van der Waals surface area contributed by atoms with Crippen molar-refractivity contribution in [2.24, 2.45) is 5.41 Å². The molecule has 4 rings (SSSR count). The first kappa shape index (κ1) is 18.3. The number of anilines is 1. The average molecular weight is 389 g/mol. The Morgan fingerprint density at radius 1 is 1.32 bits per heavy atom. The molecule has 10 heteroatoms. The number of fused-ring (bicyclic) bond motifs is 3. The van der Waals surface area contributed by atoms with E-state index >= 15 is 0 Å². The van der Waals surface area contributed by atoms with Crippen LogP contribution in [-0.2, 0) is 13.1 Å². The molecule has 1 fully saturated rings. The lowest BCUT2D eigenvalue weighted by Crippen LogP contribution is -2.48. The summed E-state index contributed by atoms with van der Waals surface area (Å²) in [5.41, 5.74) is -0.0812. The highest BCUT2D eigenvalue weighted by atomic mass is 16.3. The summed E-state index contributed by atoms with van der Waals surface area (Å²) in [4.78, 5) is 39.2. The van der Waals surface area contributed by atoms with Gasteiger partial charge in [-0.25, -0.2) is 14.7 Å². The van der Waals surface area contributed by atoms with Gasteiger partial charge in [-0.05, 0) is 18.3 Å². The van der Waals surface area contributed by atoms with Crippen molar-refractivity contribution in [2.45, 2.75) is 52.7 Å². The van der Waals surface area contributed by atoms with Crippen LogP contribution in [0.1, 0.15) is 49.5 Å². The quantitative estimate of drug-likeness (QED) is 0.572. The summed E-state index contributed by atoms with van der Waals surface area (Å²) in [6.07, 6.45) is 1.74. The molecule has 4 N–H and O–H groups in total. The van der Waals surface area contributed by atoms with Gasteiger partial charge in [-0.3, -0.25) is 10.1 Å². The predicted octanol–water partition coefficient (Wildman–Crippen LogP) is 0.536. The van der Waals surface area contributed by atoms with Gasteiger partial charge in [0.2, 0.25) is 5.56 Å². The first-order valence-corrected chi connectivity index (χ1v) is 9.32. The third-order valence-electron chi connectivity index (χ3n) is 4.91. The maximum absolute atomic E-state index is 13.1. The lowest BCUT2D eigenvalue weighted by Gasteiger charge is -2.22. The molecule has 1 aliphatic carbocycles. The molecule has 2 aromatic heterocycles. The largest absolute Gasteiger partial charge is 0.477 e. The Bertz CT molecular complexity index is 1060. The lowest BCUT2D eigenvalue weighted by molar-refractivity contribution is -0.692. The fraction of sp³-hybridized carbons (Fsp3) is 0.556. The zero-order valence-electron chi connectivity index (χ0n) is 16.4. The van der Waals surface area contributed by atoms with Crippen LogP contribution < -0.4 is 20.8 Å². The fourth-order valence-electron chi connectivity index (χ4n) is 3.42. The Kier molecular flexibility index (Phi) is 3.91. The van der Waals surface area contributed by atoms with Crippen LogP contribution in [0.2, 0.25) is 0 Å². The molecule has 0 radical (unpaired) electrons. The molecule has 0 atom stereocenters. The predicted molar refractivity (Wildman–Crippen MR) is 100 cm³/mol. The first-order valence-electron chi connectivity index (χ1n) is 9.32. The number of nitrogens with one attached hydrogen (secondary N) is 3. The molecule has 150 valence electrons. The normalized spacial score (nSPS) is 16.9. The van der Waals surface area contributed by atoms with E-state index in [0.29, 0.717) is 23.6 Å². The van der Waals surface area contributed by atoms with Gasteiger partial charge in [0.05, 0.1) is 13.1 Å². The molecule has 1 saturated carbocycles. The van der Waals surface area contributed by atoms with Crippen LogP contribution in [0.15, 0.2) is 4.79 Å². The van der Waals surface area contributed by atoms with E-state index < -0.39 is 11.5 Å². The van der Waals surface area contributed by atoms with Gasteiger partial charge in [0.15, 0.2) is 5.82 Å². The van der Waals surface area contributed by atoms with Crippen LogP contribution in [0.4, 0.5) is 10.6 Å². The molecule has 10 nitrogen and oxygen atoms in total. The summed E-state index contributed by atoms with van der Waals surface area (Å²) in [5.74, 6) is -0.558. The second kappa shape index (κ2) is 5.98. The fourth-order valence-corrected chi connectivity index (χ4v) is 3.42. The minimum absolute atomic E-state index is 0.0489. The Morgan fingerprint density at radius 3 is 2.61 bits per heavy atom. The summed E-state index contributed by atoms with van der Waals surface area (Å²) < 4.78 is 2.81. The van der Waals surface area contributed by atoms with Crippen molar-refractivity contribution in [1.82, 2.24) is 19.8 Å². The summed E-state index contributed by atoms with van der Waals surface area (Å²) in [6.45, 7) is 6.63. The second-order valence-corrected chi connectivity index (χ2v) is 8.81. The van der Waals surface area contributed by atoms with Gasteiger partial charge in [-0.15, -0.1) is 0 Å². The third-order valence-corrected chi connectivity index (χ3v) is 4.91. The molecule has 0 saturated heterocycles. The molecule has 0 aromatic carbocycles. The van der Waals surface area contributed by atoms with Crippen molar-refractivity contribution in [3.05, 3.63) is 21.5 Å².